The van der Waals surface area contributed by atoms with Crippen LogP contribution in [0.15, 0.2) is 47.5 Å². The molecule has 0 atom stereocenters. The normalized spacial score (nSPS) is 14.5. The van der Waals surface area contributed by atoms with E-state index in [1.54, 1.807) is 17.0 Å². The fourth-order valence-electron chi connectivity index (χ4n) is 4.01. The Labute approximate surface area is 191 Å². The molecule has 0 N–H and O–H groups in total. The number of nitrogens with zero attached hydrogens (tertiary/aromatic N) is 5. The number of aromatic nitrogens is 2. The second-order valence-corrected chi connectivity index (χ2v) is 7.97. The van der Waals surface area contributed by atoms with Gasteiger partial charge in [0.05, 0.1) is 27.7 Å². The molecule has 12 heteroatoms. The molecule has 178 valence electrons. The van der Waals surface area contributed by atoms with Crippen molar-refractivity contribution in [1.29, 1.82) is 0 Å². The Morgan fingerprint density at radius 3 is 2.50 bits per heavy atom. The lowest BCUT2D eigenvalue weighted by atomic mass is 10.1. The zero-order valence-corrected chi connectivity index (χ0v) is 18.1. The summed E-state index contributed by atoms with van der Waals surface area (Å²) in [5, 5.41) is 11.8. The molecule has 2 heterocycles. The van der Waals surface area contributed by atoms with Crippen LogP contribution in [0.5, 0.6) is 0 Å². The van der Waals surface area contributed by atoms with Crippen molar-refractivity contribution in [3.8, 4) is 0 Å². The number of aryl methyl sites for hydroxylation is 1. The third kappa shape index (κ3) is 4.43. The molecule has 0 aliphatic carbocycles. The zero-order valence-electron chi connectivity index (χ0n) is 18.1. The Balaban J connectivity index is 1.47. The van der Waals surface area contributed by atoms with Gasteiger partial charge in [0.1, 0.15) is 12.2 Å². The number of carbonyl (C=O) groups is 1. The van der Waals surface area contributed by atoms with Crippen LogP contribution < -0.4 is 10.5 Å². The number of para-hydroxylation sites is 1. The lowest BCUT2D eigenvalue weighted by Gasteiger charge is -2.36. The summed E-state index contributed by atoms with van der Waals surface area (Å²) in [6.07, 6.45) is -3.36. The number of nitro groups is 1. The number of piperazine rings is 1. The summed E-state index contributed by atoms with van der Waals surface area (Å²) in [5.74, 6) is -0.322. The van der Waals surface area contributed by atoms with E-state index in [2.05, 4.69) is 4.98 Å². The van der Waals surface area contributed by atoms with E-state index < -0.39 is 22.4 Å². The summed E-state index contributed by atoms with van der Waals surface area (Å²) in [7, 11) is 0. The van der Waals surface area contributed by atoms with Gasteiger partial charge in [-0.3, -0.25) is 24.3 Å². The van der Waals surface area contributed by atoms with Gasteiger partial charge in [-0.15, -0.1) is 0 Å². The van der Waals surface area contributed by atoms with E-state index in [1.165, 1.54) is 15.8 Å². The maximum absolute atomic E-state index is 12.9. The average Bonchev–Trinajstić information content (AvgIpc) is 2.80. The van der Waals surface area contributed by atoms with Crippen LogP contribution >= 0.6 is 0 Å². The summed E-state index contributed by atoms with van der Waals surface area (Å²) in [4.78, 5) is 43.4. The van der Waals surface area contributed by atoms with Gasteiger partial charge in [-0.2, -0.15) is 13.2 Å². The van der Waals surface area contributed by atoms with Crippen molar-refractivity contribution in [3.63, 3.8) is 0 Å². The van der Waals surface area contributed by atoms with Crippen molar-refractivity contribution < 1.29 is 22.9 Å². The molecule has 0 saturated carbocycles. The van der Waals surface area contributed by atoms with Crippen LogP contribution in [0, 0.1) is 17.0 Å². The Bertz CT molecular complexity index is 1330. The minimum absolute atomic E-state index is 0.0652. The molecule has 2 aromatic carbocycles. The minimum atomic E-state index is -4.69. The Hall–Kier alpha value is -3.96. The molecule has 0 spiro atoms. The van der Waals surface area contributed by atoms with Crippen LogP contribution in [0.1, 0.15) is 11.1 Å². The van der Waals surface area contributed by atoms with Crippen molar-refractivity contribution in [3.05, 3.63) is 74.3 Å². The molecular formula is C22H20F3N5O4. The number of halogens is 3. The van der Waals surface area contributed by atoms with E-state index in [0.29, 0.717) is 17.0 Å². The van der Waals surface area contributed by atoms with Gasteiger partial charge in [-0.05, 0) is 30.7 Å². The van der Waals surface area contributed by atoms with Crippen molar-refractivity contribution in [2.45, 2.75) is 19.6 Å². The van der Waals surface area contributed by atoms with Crippen LogP contribution in [0.3, 0.4) is 0 Å². The summed E-state index contributed by atoms with van der Waals surface area (Å²) >= 11 is 0. The second kappa shape index (κ2) is 8.76. The minimum Gasteiger partial charge on any atom is -0.362 e. The fourth-order valence-corrected chi connectivity index (χ4v) is 4.01. The van der Waals surface area contributed by atoms with Gasteiger partial charge in [0, 0.05) is 32.2 Å². The van der Waals surface area contributed by atoms with Crippen molar-refractivity contribution in [1.82, 2.24) is 14.5 Å². The van der Waals surface area contributed by atoms with Gasteiger partial charge in [-0.25, -0.2) is 4.98 Å². The number of carbonyl (C=O) groups excluding carboxylic acids is 1. The predicted octanol–water partition coefficient (Wildman–Crippen LogP) is 2.98. The van der Waals surface area contributed by atoms with Crippen molar-refractivity contribution in [2.24, 2.45) is 0 Å². The molecule has 9 nitrogen and oxygen atoms in total. The lowest BCUT2D eigenvalue weighted by molar-refractivity contribution is -0.384. The summed E-state index contributed by atoms with van der Waals surface area (Å²) in [6.45, 7) is 2.42. The topological polar surface area (TPSA) is 102 Å². The Morgan fingerprint density at radius 1 is 1.15 bits per heavy atom. The van der Waals surface area contributed by atoms with Gasteiger partial charge in [0.2, 0.25) is 5.91 Å². The lowest BCUT2D eigenvalue weighted by Crippen LogP contribution is -2.50. The largest absolute Gasteiger partial charge is 0.416 e. The quantitative estimate of drug-likeness (QED) is 0.425. The molecule has 0 bridgehead atoms. The molecule has 34 heavy (non-hydrogen) atoms. The Kier molecular flexibility index (Phi) is 5.98. The van der Waals surface area contributed by atoms with E-state index in [4.69, 9.17) is 0 Å². The van der Waals surface area contributed by atoms with E-state index in [1.807, 2.05) is 13.0 Å². The number of fused-ring (bicyclic) bond motifs is 1. The van der Waals surface area contributed by atoms with Crippen molar-refractivity contribution >= 4 is 28.2 Å². The first-order valence-electron chi connectivity index (χ1n) is 10.4. The van der Waals surface area contributed by atoms with Gasteiger partial charge >= 0.3 is 6.18 Å². The molecule has 4 rings (SSSR count). The van der Waals surface area contributed by atoms with Crippen LogP contribution in [0.2, 0.25) is 0 Å². The number of amides is 1. The molecule has 0 radical (unpaired) electrons. The van der Waals surface area contributed by atoms with Gasteiger partial charge < -0.3 is 9.80 Å². The molecule has 1 aliphatic heterocycles. The van der Waals surface area contributed by atoms with Gasteiger partial charge in [0.25, 0.3) is 11.2 Å². The van der Waals surface area contributed by atoms with Crippen LogP contribution in [-0.2, 0) is 17.5 Å². The monoisotopic (exact) mass is 475 g/mol. The molecular weight excluding hydrogens is 455 g/mol. The first-order valence-corrected chi connectivity index (χ1v) is 10.4. The molecule has 1 aromatic heterocycles. The smallest absolute Gasteiger partial charge is 0.362 e. The third-order valence-electron chi connectivity index (χ3n) is 5.83. The molecule has 3 aromatic rings. The Morgan fingerprint density at radius 2 is 1.85 bits per heavy atom. The summed E-state index contributed by atoms with van der Waals surface area (Å²) in [5.41, 5.74) is -0.582. The number of hydrogen-bond acceptors (Lipinski definition) is 6. The highest BCUT2D eigenvalue weighted by molar-refractivity contribution is 5.81. The van der Waals surface area contributed by atoms with Crippen LogP contribution in [-0.4, -0.2) is 51.5 Å². The highest BCUT2D eigenvalue weighted by Crippen LogP contribution is 2.36. The number of hydrogen-bond donors (Lipinski definition) is 0. The number of alkyl halides is 3. The first kappa shape index (κ1) is 23.2. The number of rotatable bonds is 4. The number of anilines is 1. The SMILES string of the molecule is Cc1cccc2c(=O)n(CC(=O)N3CCN(c4ccc(C(F)(F)F)cc4[N+](=O)[O-])CC3)cnc12. The van der Waals surface area contributed by atoms with Crippen molar-refractivity contribution in [2.75, 3.05) is 31.1 Å². The van der Waals surface area contributed by atoms with Crippen LogP contribution in [0.25, 0.3) is 10.9 Å². The molecule has 1 saturated heterocycles. The standard InChI is InChI=1S/C22H20F3N5O4/c1-14-3-2-4-16-20(14)26-13-29(21(16)32)12-19(31)28-9-7-27(8-10-28)17-6-5-15(22(23,24)25)11-18(17)30(33)34/h2-6,11,13H,7-10,12H2,1H3. The highest BCUT2D eigenvalue weighted by atomic mass is 19.4. The maximum Gasteiger partial charge on any atom is 0.416 e. The van der Waals surface area contributed by atoms with E-state index in [9.17, 15) is 32.9 Å². The highest BCUT2D eigenvalue weighted by Gasteiger charge is 2.34. The first-order chi connectivity index (χ1) is 16.1. The molecule has 0 unspecified atom stereocenters. The summed E-state index contributed by atoms with van der Waals surface area (Å²) < 4.78 is 40.1. The number of benzene rings is 2. The second-order valence-electron chi connectivity index (χ2n) is 7.97. The summed E-state index contributed by atoms with van der Waals surface area (Å²) in [6, 6.07) is 7.64. The average molecular weight is 475 g/mol. The zero-order chi connectivity index (χ0) is 24.6. The predicted molar refractivity (Wildman–Crippen MR) is 118 cm³/mol. The molecule has 1 aliphatic rings. The van der Waals surface area contributed by atoms with Gasteiger partial charge in [0.15, 0.2) is 0 Å². The maximum atomic E-state index is 12.9. The molecule has 1 amide bonds. The van der Waals surface area contributed by atoms with Crippen LogP contribution in [0.4, 0.5) is 24.5 Å². The van der Waals surface area contributed by atoms with E-state index in [-0.39, 0.29) is 49.9 Å². The fraction of sp³-hybridized carbons (Fsp3) is 0.318. The number of nitro benzene ring substituents is 1. The van der Waals surface area contributed by atoms with E-state index in [0.717, 1.165) is 17.7 Å². The van der Waals surface area contributed by atoms with E-state index >= 15 is 0 Å². The molecule has 1 fully saturated rings. The third-order valence-corrected chi connectivity index (χ3v) is 5.83. The van der Waals surface area contributed by atoms with Gasteiger partial charge in [-0.1, -0.05) is 12.1 Å².